The summed E-state index contributed by atoms with van der Waals surface area (Å²) < 4.78 is 22.2. The molecule has 0 radical (unpaired) electrons. The van der Waals surface area contributed by atoms with Gasteiger partial charge >= 0.3 is 15.6 Å². The van der Waals surface area contributed by atoms with Gasteiger partial charge in [0.2, 0.25) is 0 Å². The molecule has 132 valence electrons. The molecule has 0 heterocycles. The fourth-order valence-electron chi connectivity index (χ4n) is 1.87. The smallest absolute Gasteiger partial charge is 0.342 e. The van der Waals surface area contributed by atoms with Crippen LogP contribution < -0.4 is 4.90 Å². The lowest BCUT2D eigenvalue weighted by atomic mass is 10.2. The minimum Gasteiger partial charge on any atom is -0.342 e. The van der Waals surface area contributed by atoms with Crippen LogP contribution in [-0.2, 0) is 13.4 Å². The predicted octanol–water partition coefficient (Wildman–Crippen LogP) is 3.03. The number of anilines is 2. The summed E-state index contributed by atoms with van der Waals surface area (Å²) in [6, 6.07) is 20.9. The van der Waals surface area contributed by atoms with Crippen LogP contribution in [0.15, 0.2) is 60.7 Å². The summed E-state index contributed by atoms with van der Waals surface area (Å²) in [5.41, 5.74) is 2.48. The quantitative estimate of drug-likeness (QED) is 0.587. The molecule has 0 bridgehead atoms. The molecule has 0 saturated heterocycles. The molecule has 0 fully saturated rings. The Morgan fingerprint density at radius 3 is 1.33 bits per heavy atom. The van der Waals surface area contributed by atoms with Crippen molar-refractivity contribution in [3.05, 3.63) is 60.7 Å². The fourth-order valence-corrected chi connectivity index (χ4v) is 2.98. The fraction of sp³-hybridized carbons (Fsp3) is 0.143. The van der Waals surface area contributed by atoms with Crippen molar-refractivity contribution < 1.29 is 33.0 Å². The first kappa shape index (κ1) is 20.5. The number of rotatable bonds is 5. The Kier molecular flexibility index (Phi) is 7.79. The lowest BCUT2D eigenvalue weighted by Crippen LogP contribution is -2.15. The third kappa shape index (κ3) is 8.38. The summed E-state index contributed by atoms with van der Waals surface area (Å²) in [6.07, 6.45) is 0. The summed E-state index contributed by atoms with van der Waals surface area (Å²) in [5.74, 6) is 0. The number of benzene rings is 2. The van der Waals surface area contributed by atoms with Crippen molar-refractivity contribution in [2.45, 2.75) is 6.92 Å². The van der Waals surface area contributed by atoms with Crippen molar-refractivity contribution in [2.75, 3.05) is 11.4 Å². The molecular formula is C14H19NO7P2. The van der Waals surface area contributed by atoms with Gasteiger partial charge < -0.3 is 24.5 Å². The van der Waals surface area contributed by atoms with E-state index in [1.54, 1.807) is 0 Å². The van der Waals surface area contributed by atoms with Gasteiger partial charge in [-0.25, -0.2) is 9.13 Å². The zero-order chi connectivity index (χ0) is 18.2. The first-order valence-electron chi connectivity index (χ1n) is 6.82. The highest BCUT2D eigenvalue weighted by Gasteiger charge is 2.27. The largest absolute Gasteiger partial charge is 0.478 e. The van der Waals surface area contributed by atoms with E-state index in [1.807, 2.05) is 12.1 Å². The minimum atomic E-state index is -5.05. The van der Waals surface area contributed by atoms with Gasteiger partial charge in [-0.15, -0.1) is 0 Å². The number of phosphoric acid groups is 2. The Balaban J connectivity index is 0.000000277. The van der Waals surface area contributed by atoms with Gasteiger partial charge in [-0.1, -0.05) is 36.4 Å². The van der Waals surface area contributed by atoms with E-state index in [2.05, 4.69) is 64.7 Å². The SMILES string of the molecule is CCN(c1ccccc1)c1ccccc1.O=P(O)(O)OP(=O)(O)O. The molecule has 24 heavy (non-hydrogen) atoms. The van der Waals surface area contributed by atoms with E-state index in [1.165, 1.54) is 11.4 Å². The monoisotopic (exact) mass is 375 g/mol. The van der Waals surface area contributed by atoms with Crippen LogP contribution >= 0.6 is 15.6 Å². The molecule has 0 spiro atoms. The van der Waals surface area contributed by atoms with E-state index in [0.717, 1.165) is 6.54 Å². The summed E-state index contributed by atoms with van der Waals surface area (Å²) in [7, 11) is -10.1. The second-order valence-electron chi connectivity index (χ2n) is 4.48. The average molecular weight is 375 g/mol. The highest BCUT2D eigenvalue weighted by Crippen LogP contribution is 2.53. The zero-order valence-electron chi connectivity index (χ0n) is 12.8. The zero-order valence-corrected chi connectivity index (χ0v) is 14.6. The van der Waals surface area contributed by atoms with Crippen molar-refractivity contribution in [1.29, 1.82) is 0 Å². The van der Waals surface area contributed by atoms with E-state index in [4.69, 9.17) is 19.6 Å². The maximum atomic E-state index is 9.63. The second-order valence-corrected chi connectivity index (χ2v) is 7.09. The van der Waals surface area contributed by atoms with Gasteiger partial charge in [-0.05, 0) is 31.2 Å². The molecule has 0 atom stereocenters. The van der Waals surface area contributed by atoms with Crippen molar-refractivity contribution in [3.63, 3.8) is 0 Å². The van der Waals surface area contributed by atoms with Gasteiger partial charge in [0.1, 0.15) is 0 Å². The van der Waals surface area contributed by atoms with Gasteiger partial charge in [0.05, 0.1) is 0 Å². The Labute approximate surface area is 139 Å². The first-order valence-corrected chi connectivity index (χ1v) is 9.88. The topological polar surface area (TPSA) is 128 Å². The first-order chi connectivity index (χ1) is 11.1. The van der Waals surface area contributed by atoms with Crippen LogP contribution in [0.4, 0.5) is 11.4 Å². The molecule has 0 aliphatic heterocycles. The molecule has 8 nitrogen and oxygen atoms in total. The van der Waals surface area contributed by atoms with E-state index in [0.29, 0.717) is 0 Å². The van der Waals surface area contributed by atoms with Gasteiger partial charge in [-0.2, -0.15) is 4.31 Å². The van der Waals surface area contributed by atoms with Gasteiger partial charge in [0.25, 0.3) is 0 Å². The Bertz CT molecular complexity index is 640. The minimum absolute atomic E-state index is 0.980. The maximum absolute atomic E-state index is 9.63. The number of hydrogen-bond acceptors (Lipinski definition) is 4. The van der Waals surface area contributed by atoms with Crippen molar-refractivity contribution in [1.82, 2.24) is 0 Å². The molecule has 0 aromatic heterocycles. The molecule has 10 heteroatoms. The highest BCUT2D eigenvalue weighted by atomic mass is 31.3. The number of para-hydroxylation sites is 2. The van der Waals surface area contributed by atoms with E-state index in [9.17, 15) is 9.13 Å². The lowest BCUT2D eigenvalue weighted by molar-refractivity contribution is 0.225. The van der Waals surface area contributed by atoms with Crippen LogP contribution in [0.25, 0.3) is 0 Å². The molecule has 2 aromatic rings. The molecular weight excluding hydrogens is 356 g/mol. The van der Waals surface area contributed by atoms with Crippen molar-refractivity contribution >= 4 is 27.0 Å². The van der Waals surface area contributed by atoms with Crippen LogP contribution in [0.5, 0.6) is 0 Å². The lowest BCUT2D eigenvalue weighted by Gasteiger charge is -2.23. The van der Waals surface area contributed by atoms with Crippen LogP contribution in [0.1, 0.15) is 6.92 Å². The second kappa shape index (κ2) is 9.11. The third-order valence-electron chi connectivity index (χ3n) is 2.66. The third-order valence-corrected chi connectivity index (χ3v) is 4.37. The molecule has 0 saturated carbocycles. The van der Waals surface area contributed by atoms with E-state index >= 15 is 0 Å². The normalized spacial score (nSPS) is 11.4. The summed E-state index contributed by atoms with van der Waals surface area (Å²) in [4.78, 5) is 33.3. The summed E-state index contributed by atoms with van der Waals surface area (Å²) in [5, 5.41) is 0. The molecule has 0 amide bonds. The Morgan fingerprint density at radius 2 is 1.12 bits per heavy atom. The van der Waals surface area contributed by atoms with Gasteiger partial charge in [0, 0.05) is 17.9 Å². The van der Waals surface area contributed by atoms with E-state index in [-0.39, 0.29) is 0 Å². The van der Waals surface area contributed by atoms with Gasteiger partial charge in [-0.3, -0.25) is 0 Å². The Morgan fingerprint density at radius 1 is 0.792 bits per heavy atom. The molecule has 0 aliphatic rings. The number of nitrogens with zero attached hydrogens (tertiary/aromatic N) is 1. The predicted molar refractivity (Wildman–Crippen MR) is 90.7 cm³/mol. The molecule has 0 aliphatic carbocycles. The molecule has 4 N–H and O–H groups in total. The van der Waals surface area contributed by atoms with Gasteiger partial charge in [0.15, 0.2) is 0 Å². The summed E-state index contributed by atoms with van der Waals surface area (Å²) >= 11 is 0. The van der Waals surface area contributed by atoms with Crippen LogP contribution in [-0.4, -0.2) is 26.1 Å². The number of hydrogen-bond donors (Lipinski definition) is 4. The highest BCUT2D eigenvalue weighted by molar-refractivity contribution is 7.60. The molecule has 0 unspecified atom stereocenters. The standard InChI is InChI=1S/C14H15N.H4O7P2/c1-2-15(13-9-5-3-6-10-13)14-11-7-4-8-12-14;1-8(2,3)7-9(4,5)6/h3-12H,2H2,1H3;(H2,1,2,3)(H2,4,5,6). The van der Waals surface area contributed by atoms with Crippen LogP contribution in [0, 0.1) is 0 Å². The Hall–Kier alpha value is -1.50. The average Bonchev–Trinajstić information content (AvgIpc) is 2.47. The molecule has 2 aromatic carbocycles. The summed E-state index contributed by atoms with van der Waals surface area (Å²) in [6.45, 7) is 3.15. The van der Waals surface area contributed by atoms with Crippen molar-refractivity contribution in [2.24, 2.45) is 0 Å². The van der Waals surface area contributed by atoms with Crippen LogP contribution in [0.3, 0.4) is 0 Å². The molecule has 2 rings (SSSR count). The van der Waals surface area contributed by atoms with Crippen LogP contribution in [0.2, 0.25) is 0 Å². The van der Waals surface area contributed by atoms with Crippen molar-refractivity contribution in [3.8, 4) is 0 Å². The van der Waals surface area contributed by atoms with E-state index < -0.39 is 15.6 Å². The maximum Gasteiger partial charge on any atom is 0.478 e.